The maximum Gasteiger partial charge on any atom is 0.124 e. The van der Waals surface area contributed by atoms with E-state index in [1.165, 1.54) is 0 Å². The molecule has 0 fully saturated rings. The van der Waals surface area contributed by atoms with Gasteiger partial charge in [0.25, 0.3) is 0 Å². The number of rotatable bonds is 1. The average Bonchev–Trinajstić information content (AvgIpc) is 2.14. The molecular weight excluding hydrogens is 164 g/mol. The highest BCUT2D eigenvalue weighted by molar-refractivity contribution is 5.50. The maximum absolute atomic E-state index is 9.54. The number of nitriles is 2. The third-order valence-electron chi connectivity index (χ3n) is 1.90. The molecule has 0 aliphatic heterocycles. The van der Waals surface area contributed by atoms with E-state index in [0.29, 0.717) is 16.7 Å². The lowest BCUT2D eigenvalue weighted by molar-refractivity contribution is 0.465. The van der Waals surface area contributed by atoms with E-state index in [1.54, 1.807) is 19.1 Å². The van der Waals surface area contributed by atoms with E-state index in [0.717, 1.165) is 0 Å². The Morgan fingerprint density at radius 2 is 2.08 bits per heavy atom. The number of hydrogen-bond donors (Lipinski definition) is 1. The van der Waals surface area contributed by atoms with Crippen molar-refractivity contribution in [3.8, 4) is 17.9 Å². The van der Waals surface area contributed by atoms with E-state index in [9.17, 15) is 5.11 Å². The Morgan fingerprint density at radius 3 is 2.62 bits per heavy atom. The van der Waals surface area contributed by atoms with Crippen molar-refractivity contribution in [1.82, 2.24) is 0 Å². The Bertz CT molecular complexity index is 410. The molecule has 0 aliphatic rings. The van der Waals surface area contributed by atoms with Crippen molar-refractivity contribution in [1.29, 1.82) is 10.5 Å². The fraction of sp³-hybridized carbons (Fsp3) is 0.200. The van der Waals surface area contributed by atoms with Crippen molar-refractivity contribution in [3.63, 3.8) is 0 Å². The first kappa shape index (κ1) is 9.09. The van der Waals surface area contributed by atoms with Gasteiger partial charge in [-0.1, -0.05) is 6.07 Å². The molecule has 1 aromatic carbocycles. The van der Waals surface area contributed by atoms with Gasteiger partial charge in [0.1, 0.15) is 5.75 Å². The molecule has 0 radical (unpaired) electrons. The van der Waals surface area contributed by atoms with Gasteiger partial charge in [-0.3, -0.25) is 0 Å². The molecule has 0 spiro atoms. The van der Waals surface area contributed by atoms with E-state index in [1.807, 2.05) is 12.1 Å². The molecule has 0 amide bonds. The molecule has 0 aliphatic carbocycles. The summed E-state index contributed by atoms with van der Waals surface area (Å²) >= 11 is 0. The molecule has 0 heterocycles. The average molecular weight is 172 g/mol. The van der Waals surface area contributed by atoms with Crippen LogP contribution >= 0.6 is 0 Å². The summed E-state index contributed by atoms with van der Waals surface area (Å²) in [5, 5.41) is 26.6. The SMILES string of the molecule is Cc1c(C#N)ccc(CC#N)c1O. The molecule has 64 valence electrons. The molecule has 0 saturated carbocycles. The second kappa shape index (κ2) is 3.60. The standard InChI is InChI=1S/C10H8N2O/c1-7-9(6-12)3-2-8(4-5-11)10(7)13/h2-3,13H,4H2,1H3. The molecule has 1 aromatic rings. The lowest BCUT2D eigenvalue weighted by Gasteiger charge is -2.04. The predicted octanol–water partition coefficient (Wildman–Crippen LogP) is 1.64. The van der Waals surface area contributed by atoms with Gasteiger partial charge in [0.15, 0.2) is 0 Å². The lowest BCUT2D eigenvalue weighted by Crippen LogP contribution is -1.89. The molecule has 3 heteroatoms. The maximum atomic E-state index is 9.54. The van der Waals surface area contributed by atoms with Crippen molar-refractivity contribution < 1.29 is 5.11 Å². The fourth-order valence-electron chi connectivity index (χ4n) is 1.11. The van der Waals surface area contributed by atoms with Crippen LogP contribution in [0.4, 0.5) is 0 Å². The molecule has 3 nitrogen and oxygen atoms in total. The summed E-state index contributed by atoms with van der Waals surface area (Å²) < 4.78 is 0. The largest absolute Gasteiger partial charge is 0.507 e. The number of aromatic hydroxyl groups is 1. The van der Waals surface area contributed by atoms with Gasteiger partial charge in [-0.15, -0.1) is 0 Å². The quantitative estimate of drug-likeness (QED) is 0.700. The van der Waals surface area contributed by atoms with E-state index < -0.39 is 0 Å². The van der Waals surface area contributed by atoms with Crippen LogP contribution < -0.4 is 0 Å². The van der Waals surface area contributed by atoms with Gasteiger partial charge in [-0.05, 0) is 13.0 Å². The van der Waals surface area contributed by atoms with Gasteiger partial charge in [-0.2, -0.15) is 10.5 Å². The Labute approximate surface area is 76.5 Å². The Kier molecular flexibility index (Phi) is 2.52. The zero-order valence-electron chi connectivity index (χ0n) is 7.20. The summed E-state index contributed by atoms with van der Waals surface area (Å²) in [6.45, 7) is 1.66. The summed E-state index contributed by atoms with van der Waals surface area (Å²) in [5.74, 6) is 0.0561. The third kappa shape index (κ3) is 1.60. The fourth-order valence-corrected chi connectivity index (χ4v) is 1.11. The highest BCUT2D eigenvalue weighted by Crippen LogP contribution is 2.24. The number of phenols is 1. The van der Waals surface area contributed by atoms with Crippen molar-refractivity contribution >= 4 is 0 Å². The third-order valence-corrected chi connectivity index (χ3v) is 1.90. The normalized spacial score (nSPS) is 8.85. The summed E-state index contributed by atoms with van der Waals surface area (Å²) in [6.07, 6.45) is 0.165. The Morgan fingerprint density at radius 1 is 1.38 bits per heavy atom. The molecule has 1 N–H and O–H groups in total. The van der Waals surface area contributed by atoms with Crippen LogP contribution in [0.25, 0.3) is 0 Å². The van der Waals surface area contributed by atoms with E-state index in [4.69, 9.17) is 10.5 Å². The topological polar surface area (TPSA) is 67.8 Å². The molecular formula is C10H8N2O. The first-order chi connectivity index (χ1) is 6.20. The Hall–Kier alpha value is -2.00. The van der Waals surface area contributed by atoms with Crippen molar-refractivity contribution in [2.75, 3.05) is 0 Å². The minimum Gasteiger partial charge on any atom is -0.507 e. The van der Waals surface area contributed by atoms with E-state index in [2.05, 4.69) is 0 Å². The van der Waals surface area contributed by atoms with Crippen LogP contribution in [0, 0.1) is 29.6 Å². The molecule has 0 atom stereocenters. The van der Waals surface area contributed by atoms with Crippen LogP contribution in [0.15, 0.2) is 12.1 Å². The van der Waals surface area contributed by atoms with Crippen LogP contribution in [-0.4, -0.2) is 5.11 Å². The molecule has 0 bridgehead atoms. The van der Waals surface area contributed by atoms with Crippen LogP contribution in [0.5, 0.6) is 5.75 Å². The van der Waals surface area contributed by atoms with Crippen molar-refractivity contribution in [3.05, 3.63) is 28.8 Å². The second-order valence-electron chi connectivity index (χ2n) is 2.69. The predicted molar refractivity (Wildman–Crippen MR) is 46.9 cm³/mol. The van der Waals surface area contributed by atoms with E-state index >= 15 is 0 Å². The molecule has 0 unspecified atom stereocenters. The lowest BCUT2D eigenvalue weighted by atomic mass is 10.0. The van der Waals surface area contributed by atoms with Gasteiger partial charge in [0.2, 0.25) is 0 Å². The number of benzene rings is 1. The molecule has 1 rings (SSSR count). The highest BCUT2D eigenvalue weighted by Gasteiger charge is 2.07. The minimum atomic E-state index is 0.0561. The summed E-state index contributed by atoms with van der Waals surface area (Å²) in [4.78, 5) is 0. The first-order valence-electron chi connectivity index (χ1n) is 3.79. The molecule has 0 aromatic heterocycles. The van der Waals surface area contributed by atoms with E-state index in [-0.39, 0.29) is 12.2 Å². The first-order valence-corrected chi connectivity index (χ1v) is 3.79. The highest BCUT2D eigenvalue weighted by atomic mass is 16.3. The van der Waals surface area contributed by atoms with Crippen LogP contribution in [-0.2, 0) is 6.42 Å². The van der Waals surface area contributed by atoms with Crippen LogP contribution in [0.3, 0.4) is 0 Å². The van der Waals surface area contributed by atoms with Crippen molar-refractivity contribution in [2.45, 2.75) is 13.3 Å². The van der Waals surface area contributed by atoms with Crippen LogP contribution in [0.1, 0.15) is 16.7 Å². The number of hydrogen-bond acceptors (Lipinski definition) is 3. The number of phenolic OH excluding ortho intramolecular Hbond substituents is 1. The summed E-state index contributed by atoms with van der Waals surface area (Å²) in [6, 6.07) is 7.12. The smallest absolute Gasteiger partial charge is 0.124 e. The zero-order valence-corrected chi connectivity index (χ0v) is 7.20. The van der Waals surface area contributed by atoms with Gasteiger partial charge in [-0.25, -0.2) is 0 Å². The second-order valence-corrected chi connectivity index (χ2v) is 2.69. The summed E-state index contributed by atoms with van der Waals surface area (Å²) in [7, 11) is 0. The minimum absolute atomic E-state index is 0.0561. The van der Waals surface area contributed by atoms with Crippen molar-refractivity contribution in [2.24, 2.45) is 0 Å². The van der Waals surface area contributed by atoms with Gasteiger partial charge < -0.3 is 5.11 Å². The monoisotopic (exact) mass is 172 g/mol. The number of nitrogens with zero attached hydrogens (tertiary/aromatic N) is 2. The van der Waals surface area contributed by atoms with Gasteiger partial charge in [0, 0.05) is 11.1 Å². The Balaban J connectivity index is 3.27. The van der Waals surface area contributed by atoms with Gasteiger partial charge in [0.05, 0.1) is 24.1 Å². The molecule has 0 saturated heterocycles. The van der Waals surface area contributed by atoms with Crippen LogP contribution in [0.2, 0.25) is 0 Å². The van der Waals surface area contributed by atoms with Gasteiger partial charge >= 0.3 is 0 Å². The zero-order chi connectivity index (χ0) is 9.84. The molecule has 13 heavy (non-hydrogen) atoms. The summed E-state index contributed by atoms with van der Waals surface area (Å²) in [5.41, 5.74) is 1.55.